The van der Waals surface area contributed by atoms with E-state index in [1.807, 2.05) is 0 Å². The molecule has 0 amide bonds. The number of alkyl halides is 2. The Morgan fingerprint density at radius 2 is 2.13 bits per heavy atom. The number of hydrogen-bond donors (Lipinski definition) is 1. The third-order valence-corrected chi connectivity index (χ3v) is 1.83. The lowest BCUT2D eigenvalue weighted by atomic mass is 10.1. The van der Waals surface area contributed by atoms with Crippen molar-refractivity contribution < 1.29 is 8.78 Å². The summed E-state index contributed by atoms with van der Waals surface area (Å²) in [5.74, 6) is 0. The van der Waals surface area contributed by atoms with Gasteiger partial charge in [0.05, 0.1) is 18.1 Å². The van der Waals surface area contributed by atoms with Crippen LogP contribution in [0.15, 0.2) is 6.20 Å². The number of nitrogens with two attached hydrogens (primary N) is 1. The molecule has 0 bridgehead atoms. The predicted molar refractivity (Wildman–Crippen MR) is 47.6 cm³/mol. The quantitative estimate of drug-likeness (QED) is 0.798. The molecule has 0 aliphatic carbocycles. The van der Waals surface area contributed by atoms with E-state index in [2.05, 4.69) is 4.98 Å². The van der Waals surface area contributed by atoms with Gasteiger partial charge in [0, 0.05) is 17.4 Å². The highest BCUT2D eigenvalue weighted by Gasteiger charge is 2.20. The molecule has 0 spiro atoms. The number of hydrogen-bond acceptors (Lipinski definition) is 4. The van der Waals surface area contributed by atoms with E-state index in [1.165, 1.54) is 12.3 Å². The summed E-state index contributed by atoms with van der Waals surface area (Å²) in [5, 5.41) is 17.0. The maximum Gasteiger partial charge on any atom is 0.268 e. The molecule has 4 nitrogen and oxygen atoms in total. The minimum absolute atomic E-state index is 0.107. The summed E-state index contributed by atoms with van der Waals surface area (Å²) in [5.41, 5.74) is 4.42. The molecule has 0 aliphatic rings. The van der Waals surface area contributed by atoms with Crippen LogP contribution in [0.2, 0.25) is 0 Å². The third kappa shape index (κ3) is 2.00. The maximum atomic E-state index is 12.5. The Hall–Kier alpha value is -2.21. The molecule has 0 radical (unpaired) electrons. The van der Waals surface area contributed by atoms with E-state index in [-0.39, 0.29) is 17.7 Å². The van der Waals surface area contributed by atoms with Crippen LogP contribution in [0.1, 0.15) is 23.2 Å². The van der Waals surface area contributed by atoms with Crippen molar-refractivity contribution in [2.24, 2.45) is 0 Å². The minimum Gasteiger partial charge on any atom is -0.398 e. The van der Waals surface area contributed by atoms with Crippen LogP contribution in [0.4, 0.5) is 14.5 Å². The summed E-state index contributed by atoms with van der Waals surface area (Å²) in [6.07, 6.45) is -1.81. The Bertz CT molecular complexity index is 456. The summed E-state index contributed by atoms with van der Waals surface area (Å²) in [7, 11) is 0. The van der Waals surface area contributed by atoms with Gasteiger partial charge >= 0.3 is 0 Å². The van der Waals surface area contributed by atoms with Crippen LogP contribution in [0, 0.1) is 22.7 Å². The molecule has 0 aliphatic heterocycles. The summed E-state index contributed by atoms with van der Waals surface area (Å²) < 4.78 is 25.1. The Balaban J connectivity index is 3.39. The molecule has 15 heavy (non-hydrogen) atoms. The summed E-state index contributed by atoms with van der Waals surface area (Å²) in [6, 6.07) is 3.31. The van der Waals surface area contributed by atoms with Crippen molar-refractivity contribution in [3.63, 3.8) is 0 Å². The molecule has 6 heteroatoms. The molecule has 1 rings (SSSR count). The van der Waals surface area contributed by atoms with Crippen molar-refractivity contribution >= 4 is 5.69 Å². The Morgan fingerprint density at radius 1 is 1.47 bits per heavy atom. The van der Waals surface area contributed by atoms with Crippen molar-refractivity contribution in [1.82, 2.24) is 4.98 Å². The highest BCUT2D eigenvalue weighted by molar-refractivity contribution is 5.58. The monoisotopic (exact) mass is 208 g/mol. The van der Waals surface area contributed by atoms with E-state index in [4.69, 9.17) is 16.3 Å². The first-order valence-corrected chi connectivity index (χ1v) is 3.94. The zero-order chi connectivity index (χ0) is 11.4. The van der Waals surface area contributed by atoms with E-state index in [0.717, 1.165) is 0 Å². The van der Waals surface area contributed by atoms with E-state index in [1.54, 1.807) is 6.07 Å². The van der Waals surface area contributed by atoms with Crippen molar-refractivity contribution in [1.29, 1.82) is 10.5 Å². The third-order valence-electron chi connectivity index (χ3n) is 1.83. The van der Waals surface area contributed by atoms with Crippen molar-refractivity contribution in [3.05, 3.63) is 23.0 Å². The molecule has 0 saturated carbocycles. The maximum absolute atomic E-state index is 12.5. The molecule has 76 valence electrons. The van der Waals surface area contributed by atoms with Gasteiger partial charge in [-0.05, 0) is 0 Å². The summed E-state index contributed by atoms with van der Waals surface area (Å²) in [6.45, 7) is 0. The molecule has 0 unspecified atom stereocenters. The normalized spacial score (nSPS) is 9.67. The van der Waals surface area contributed by atoms with E-state index >= 15 is 0 Å². The van der Waals surface area contributed by atoms with Gasteiger partial charge in [-0.2, -0.15) is 10.5 Å². The lowest BCUT2D eigenvalue weighted by Gasteiger charge is -2.08. The van der Waals surface area contributed by atoms with Crippen LogP contribution in [0.3, 0.4) is 0 Å². The van der Waals surface area contributed by atoms with Crippen molar-refractivity contribution in [2.75, 3.05) is 5.73 Å². The molecule has 1 aromatic rings. The van der Waals surface area contributed by atoms with Gasteiger partial charge in [-0.3, -0.25) is 0 Å². The largest absolute Gasteiger partial charge is 0.398 e. The topological polar surface area (TPSA) is 86.5 Å². The second-order valence-corrected chi connectivity index (χ2v) is 2.71. The molecule has 1 aromatic heterocycles. The molecule has 0 atom stereocenters. The lowest BCUT2D eigenvalue weighted by Crippen LogP contribution is -2.05. The number of anilines is 1. The van der Waals surface area contributed by atoms with Gasteiger partial charge in [0.15, 0.2) is 5.69 Å². The molecule has 0 aromatic carbocycles. The molecule has 0 fully saturated rings. The number of nitrogen functional groups attached to an aromatic ring is 1. The Kier molecular flexibility index (Phi) is 3.14. The zero-order valence-electron chi connectivity index (χ0n) is 7.54. The first-order chi connectivity index (χ1) is 7.11. The average molecular weight is 208 g/mol. The minimum atomic E-state index is -2.87. The van der Waals surface area contributed by atoms with Gasteiger partial charge in [-0.25, -0.2) is 13.8 Å². The van der Waals surface area contributed by atoms with Gasteiger partial charge < -0.3 is 5.73 Å². The lowest BCUT2D eigenvalue weighted by molar-refractivity contribution is 0.151. The average Bonchev–Trinajstić information content (AvgIpc) is 2.20. The van der Waals surface area contributed by atoms with Crippen LogP contribution in [-0.2, 0) is 6.42 Å². The number of nitrogens with zero attached hydrogens (tertiary/aromatic N) is 3. The van der Waals surface area contributed by atoms with Crippen LogP contribution in [-0.4, -0.2) is 4.98 Å². The van der Waals surface area contributed by atoms with Gasteiger partial charge in [0.1, 0.15) is 6.07 Å². The van der Waals surface area contributed by atoms with Crippen molar-refractivity contribution in [3.8, 4) is 12.1 Å². The SMILES string of the molecule is N#CCc1cnc(C#N)c(C(F)F)c1N. The van der Waals surface area contributed by atoms with Crippen LogP contribution < -0.4 is 5.73 Å². The van der Waals surface area contributed by atoms with Crippen molar-refractivity contribution in [2.45, 2.75) is 12.8 Å². The molecule has 2 N–H and O–H groups in total. The fourth-order valence-electron chi connectivity index (χ4n) is 1.12. The first kappa shape index (κ1) is 10.9. The number of halogens is 2. The van der Waals surface area contributed by atoms with Crippen LogP contribution in [0.25, 0.3) is 0 Å². The van der Waals surface area contributed by atoms with E-state index in [9.17, 15) is 8.78 Å². The highest BCUT2D eigenvalue weighted by Crippen LogP contribution is 2.29. The predicted octanol–water partition coefficient (Wildman–Crippen LogP) is 1.54. The van der Waals surface area contributed by atoms with E-state index < -0.39 is 17.7 Å². The molecular weight excluding hydrogens is 202 g/mol. The molecule has 0 saturated heterocycles. The smallest absolute Gasteiger partial charge is 0.268 e. The number of nitriles is 2. The van der Waals surface area contributed by atoms with Gasteiger partial charge in [-0.15, -0.1) is 0 Å². The molecule has 1 heterocycles. The molecular formula is C9H6F2N4. The van der Waals surface area contributed by atoms with Gasteiger partial charge in [0.25, 0.3) is 6.43 Å². The number of pyridine rings is 1. The summed E-state index contributed by atoms with van der Waals surface area (Å²) >= 11 is 0. The van der Waals surface area contributed by atoms with E-state index in [0.29, 0.717) is 0 Å². The zero-order valence-corrected chi connectivity index (χ0v) is 7.54. The standard InChI is InChI=1S/C9H6F2N4/c10-9(11)7-6(3-13)15-4-5(1-2-12)8(7)14/h4,9H,1H2,(H2,14,15). The fourth-order valence-corrected chi connectivity index (χ4v) is 1.12. The highest BCUT2D eigenvalue weighted by atomic mass is 19.3. The number of aromatic nitrogens is 1. The van der Waals surface area contributed by atoms with Gasteiger partial charge in [0.2, 0.25) is 0 Å². The van der Waals surface area contributed by atoms with Gasteiger partial charge in [-0.1, -0.05) is 0 Å². The second kappa shape index (κ2) is 4.34. The second-order valence-electron chi connectivity index (χ2n) is 2.71. The first-order valence-electron chi connectivity index (χ1n) is 3.94. The van der Waals surface area contributed by atoms with Crippen LogP contribution >= 0.6 is 0 Å². The summed E-state index contributed by atoms with van der Waals surface area (Å²) in [4.78, 5) is 3.53. The Labute approximate surface area is 84.6 Å². The van der Waals surface area contributed by atoms with Crippen LogP contribution in [0.5, 0.6) is 0 Å². The number of rotatable bonds is 2. The fraction of sp³-hybridized carbons (Fsp3) is 0.222. The Morgan fingerprint density at radius 3 is 2.60 bits per heavy atom.